The number of amides is 2. The van der Waals surface area contributed by atoms with E-state index in [0.717, 1.165) is 22.3 Å². The number of unbranched alkanes of at least 4 members (excludes halogenated alkanes) is 1. The molecule has 1 aliphatic rings. The molecule has 0 spiro atoms. The van der Waals surface area contributed by atoms with Crippen molar-refractivity contribution in [2.75, 3.05) is 20.2 Å². The summed E-state index contributed by atoms with van der Waals surface area (Å²) in [5.74, 6) is -0.890. The fourth-order valence-electron chi connectivity index (χ4n) is 4.48. The van der Waals surface area contributed by atoms with E-state index in [9.17, 15) is 14.4 Å². The van der Waals surface area contributed by atoms with Crippen molar-refractivity contribution in [2.24, 2.45) is 5.92 Å². The van der Waals surface area contributed by atoms with Crippen LogP contribution in [-0.2, 0) is 14.3 Å². The number of benzene rings is 2. The Kier molecular flexibility index (Phi) is 8.68. The SMILES string of the molecule is CC(C)C[C@H](NC(=O)OCC1c2ccccc2-c2ccccc21)C(=O)N(C)CCCCC(=O)O. The van der Waals surface area contributed by atoms with Crippen molar-refractivity contribution in [1.29, 1.82) is 0 Å². The number of aliphatic carboxylic acids is 1. The maximum absolute atomic E-state index is 13.0. The lowest BCUT2D eigenvalue weighted by molar-refractivity contribution is -0.137. The minimum absolute atomic E-state index is 0.0469. The molecule has 3 rings (SSSR count). The predicted molar refractivity (Wildman–Crippen MR) is 131 cm³/mol. The molecule has 0 aliphatic heterocycles. The summed E-state index contributed by atoms with van der Waals surface area (Å²) in [7, 11) is 1.68. The zero-order valence-corrected chi connectivity index (χ0v) is 20.1. The fourth-order valence-corrected chi connectivity index (χ4v) is 4.48. The summed E-state index contributed by atoms with van der Waals surface area (Å²) in [6, 6.07) is 15.6. The predicted octanol–water partition coefficient (Wildman–Crippen LogP) is 4.65. The highest BCUT2D eigenvalue weighted by Crippen LogP contribution is 2.44. The zero-order chi connectivity index (χ0) is 24.7. The quantitative estimate of drug-likeness (QED) is 0.470. The zero-order valence-electron chi connectivity index (χ0n) is 20.1. The van der Waals surface area contributed by atoms with Crippen molar-refractivity contribution < 1.29 is 24.2 Å². The number of nitrogens with zero attached hydrogens (tertiary/aromatic N) is 1. The van der Waals surface area contributed by atoms with Crippen LogP contribution in [0, 0.1) is 5.92 Å². The lowest BCUT2D eigenvalue weighted by Gasteiger charge is -2.26. The topological polar surface area (TPSA) is 95.9 Å². The molecule has 1 aliphatic carbocycles. The second-order valence-corrected chi connectivity index (χ2v) is 9.26. The van der Waals surface area contributed by atoms with E-state index in [1.165, 1.54) is 0 Å². The molecule has 0 bridgehead atoms. The Morgan fingerprint density at radius 3 is 2.15 bits per heavy atom. The highest BCUT2D eigenvalue weighted by atomic mass is 16.5. The largest absolute Gasteiger partial charge is 0.481 e. The molecule has 0 radical (unpaired) electrons. The number of rotatable bonds is 11. The molecule has 2 N–H and O–H groups in total. The number of fused-ring (bicyclic) bond motifs is 3. The molecule has 182 valence electrons. The van der Waals surface area contributed by atoms with Crippen LogP contribution in [-0.4, -0.2) is 54.2 Å². The minimum Gasteiger partial charge on any atom is -0.481 e. The van der Waals surface area contributed by atoms with E-state index in [1.54, 1.807) is 11.9 Å². The lowest BCUT2D eigenvalue weighted by atomic mass is 9.98. The molecule has 0 saturated carbocycles. The van der Waals surface area contributed by atoms with Gasteiger partial charge in [0, 0.05) is 25.9 Å². The van der Waals surface area contributed by atoms with Crippen LogP contribution < -0.4 is 5.32 Å². The smallest absolute Gasteiger partial charge is 0.407 e. The summed E-state index contributed by atoms with van der Waals surface area (Å²) in [4.78, 5) is 37.9. The molecule has 7 nitrogen and oxygen atoms in total. The van der Waals surface area contributed by atoms with Gasteiger partial charge in [-0.2, -0.15) is 0 Å². The number of hydrogen-bond acceptors (Lipinski definition) is 4. The number of carboxylic acid groups (broad SMARTS) is 1. The third-order valence-corrected chi connectivity index (χ3v) is 6.15. The van der Waals surface area contributed by atoms with Gasteiger partial charge in [0.1, 0.15) is 12.6 Å². The van der Waals surface area contributed by atoms with Crippen molar-refractivity contribution in [2.45, 2.75) is 51.5 Å². The van der Waals surface area contributed by atoms with Crippen LogP contribution in [0.4, 0.5) is 4.79 Å². The van der Waals surface area contributed by atoms with E-state index in [-0.39, 0.29) is 30.8 Å². The number of carboxylic acids is 1. The summed E-state index contributed by atoms with van der Waals surface area (Å²) in [5.41, 5.74) is 4.58. The summed E-state index contributed by atoms with van der Waals surface area (Å²) in [6.07, 6.45) is 1.05. The molecular weight excluding hydrogens is 432 g/mol. The average Bonchev–Trinajstić information content (AvgIpc) is 3.13. The molecule has 0 fully saturated rings. The number of likely N-dealkylation sites (N-methyl/N-ethyl adjacent to an activating group) is 1. The molecule has 1 atom stereocenters. The first-order valence-corrected chi connectivity index (χ1v) is 11.9. The summed E-state index contributed by atoms with van der Waals surface area (Å²) < 4.78 is 5.62. The summed E-state index contributed by atoms with van der Waals surface area (Å²) in [5, 5.41) is 11.5. The Hall–Kier alpha value is -3.35. The molecule has 7 heteroatoms. The molecule has 2 aromatic rings. The van der Waals surface area contributed by atoms with Gasteiger partial charge in [-0.05, 0) is 47.4 Å². The highest BCUT2D eigenvalue weighted by Gasteiger charge is 2.30. The number of carbonyl (C=O) groups excluding carboxylic acids is 2. The van der Waals surface area contributed by atoms with Crippen LogP contribution in [0.15, 0.2) is 48.5 Å². The monoisotopic (exact) mass is 466 g/mol. The van der Waals surface area contributed by atoms with Gasteiger partial charge < -0.3 is 20.1 Å². The molecule has 2 amide bonds. The van der Waals surface area contributed by atoms with Crippen molar-refractivity contribution in [1.82, 2.24) is 10.2 Å². The van der Waals surface area contributed by atoms with Crippen LogP contribution in [0.2, 0.25) is 0 Å². The first kappa shape index (κ1) is 25.3. The van der Waals surface area contributed by atoms with E-state index >= 15 is 0 Å². The van der Waals surface area contributed by atoms with Crippen LogP contribution >= 0.6 is 0 Å². The Morgan fingerprint density at radius 2 is 1.59 bits per heavy atom. The normalized spacial score (nSPS) is 13.2. The highest BCUT2D eigenvalue weighted by molar-refractivity contribution is 5.85. The second kappa shape index (κ2) is 11.7. The van der Waals surface area contributed by atoms with Crippen LogP contribution in [0.1, 0.15) is 56.6 Å². The van der Waals surface area contributed by atoms with Gasteiger partial charge >= 0.3 is 12.1 Å². The number of nitrogens with one attached hydrogen (secondary N) is 1. The lowest BCUT2D eigenvalue weighted by Crippen LogP contribution is -2.48. The van der Waals surface area contributed by atoms with Gasteiger partial charge in [-0.3, -0.25) is 9.59 Å². The second-order valence-electron chi connectivity index (χ2n) is 9.26. The molecule has 2 aromatic carbocycles. The standard InChI is InChI=1S/C27H34N2O5/c1-18(2)16-24(26(32)29(3)15-9-8-14-25(30)31)28-27(33)34-17-23-21-12-6-4-10-19(21)20-11-5-7-13-22(20)23/h4-7,10-13,18,23-24H,8-9,14-17H2,1-3H3,(H,28,33)(H,30,31)/t24-/m0/s1. The molecule has 34 heavy (non-hydrogen) atoms. The third kappa shape index (κ3) is 6.37. The van der Waals surface area contributed by atoms with Crippen LogP contribution in [0.25, 0.3) is 11.1 Å². The van der Waals surface area contributed by atoms with E-state index in [1.807, 2.05) is 38.1 Å². The minimum atomic E-state index is -0.844. The van der Waals surface area contributed by atoms with Crippen LogP contribution in [0.3, 0.4) is 0 Å². The molecule has 0 unspecified atom stereocenters. The average molecular weight is 467 g/mol. The van der Waals surface area contributed by atoms with Crippen molar-refractivity contribution in [3.05, 3.63) is 59.7 Å². The Morgan fingerprint density at radius 1 is 1.00 bits per heavy atom. The van der Waals surface area contributed by atoms with E-state index < -0.39 is 18.1 Å². The van der Waals surface area contributed by atoms with Gasteiger partial charge in [0.25, 0.3) is 0 Å². The number of ether oxygens (including phenoxy) is 1. The van der Waals surface area contributed by atoms with Crippen LogP contribution in [0.5, 0.6) is 0 Å². The summed E-state index contributed by atoms with van der Waals surface area (Å²) in [6.45, 7) is 4.61. The maximum Gasteiger partial charge on any atom is 0.407 e. The Labute approximate surface area is 201 Å². The van der Waals surface area contributed by atoms with Crippen molar-refractivity contribution >= 4 is 18.0 Å². The first-order chi connectivity index (χ1) is 16.3. The Balaban J connectivity index is 1.60. The van der Waals surface area contributed by atoms with Gasteiger partial charge in [0.2, 0.25) is 5.91 Å². The first-order valence-electron chi connectivity index (χ1n) is 11.9. The molecule has 0 aromatic heterocycles. The molecule has 0 saturated heterocycles. The number of carbonyl (C=O) groups is 3. The molecular formula is C27H34N2O5. The van der Waals surface area contributed by atoms with E-state index in [0.29, 0.717) is 25.8 Å². The third-order valence-electron chi connectivity index (χ3n) is 6.15. The number of alkyl carbamates (subject to hydrolysis) is 1. The Bertz CT molecular complexity index is 974. The number of hydrogen-bond donors (Lipinski definition) is 2. The summed E-state index contributed by atoms with van der Waals surface area (Å²) >= 11 is 0. The molecule has 0 heterocycles. The van der Waals surface area contributed by atoms with Gasteiger partial charge in [-0.15, -0.1) is 0 Å². The van der Waals surface area contributed by atoms with Gasteiger partial charge in [0.05, 0.1) is 0 Å². The van der Waals surface area contributed by atoms with Gasteiger partial charge in [-0.1, -0.05) is 62.4 Å². The van der Waals surface area contributed by atoms with Gasteiger partial charge in [0.15, 0.2) is 0 Å². The maximum atomic E-state index is 13.0. The van der Waals surface area contributed by atoms with E-state index in [2.05, 4.69) is 29.6 Å². The van der Waals surface area contributed by atoms with E-state index in [4.69, 9.17) is 9.84 Å². The van der Waals surface area contributed by atoms with Gasteiger partial charge in [-0.25, -0.2) is 4.79 Å². The fraction of sp³-hybridized carbons (Fsp3) is 0.444. The van der Waals surface area contributed by atoms with Crippen molar-refractivity contribution in [3.8, 4) is 11.1 Å². The van der Waals surface area contributed by atoms with Crippen molar-refractivity contribution in [3.63, 3.8) is 0 Å².